The van der Waals surface area contributed by atoms with Gasteiger partial charge in [0.2, 0.25) is 0 Å². The number of ether oxygens (including phenoxy) is 1. The molecule has 0 fully saturated rings. The average Bonchev–Trinajstić information content (AvgIpc) is 3.10. The van der Waals surface area contributed by atoms with Crippen LogP contribution in [0, 0.1) is 0 Å². The molecule has 4 heteroatoms. The first-order valence-corrected chi connectivity index (χ1v) is 9.57. The number of rotatable bonds is 11. The zero-order valence-electron chi connectivity index (χ0n) is 14.2. The highest BCUT2D eigenvalue weighted by molar-refractivity contribution is 7.10. The summed E-state index contributed by atoms with van der Waals surface area (Å²) in [4.78, 5) is 12.5. The van der Waals surface area contributed by atoms with Gasteiger partial charge in [0.15, 0.2) is 0 Å². The van der Waals surface area contributed by atoms with E-state index in [-0.39, 0.29) is 0 Å². The molecule has 1 heterocycles. The Morgan fingerprint density at radius 1 is 1.12 bits per heavy atom. The lowest BCUT2D eigenvalue weighted by Crippen LogP contribution is -2.14. The number of carbonyl (C=O) groups is 1. The van der Waals surface area contributed by atoms with Gasteiger partial charge in [0.25, 0.3) is 0 Å². The summed E-state index contributed by atoms with van der Waals surface area (Å²) in [6, 6.07) is 11.6. The van der Waals surface area contributed by atoms with Gasteiger partial charge in [-0.05, 0) is 35.9 Å². The molecule has 0 radical (unpaired) electrons. The van der Waals surface area contributed by atoms with Gasteiger partial charge in [0.1, 0.15) is 5.75 Å². The second-order valence-corrected chi connectivity index (χ2v) is 6.96. The lowest BCUT2D eigenvalue weighted by molar-refractivity contribution is -0.138. The zero-order chi connectivity index (χ0) is 17.2. The minimum Gasteiger partial charge on any atom is -0.493 e. The Morgan fingerprint density at radius 2 is 1.92 bits per heavy atom. The fourth-order valence-corrected chi connectivity index (χ4v) is 3.54. The molecule has 130 valence electrons. The van der Waals surface area contributed by atoms with Gasteiger partial charge in [-0.2, -0.15) is 0 Å². The fourth-order valence-electron chi connectivity index (χ4n) is 2.72. The summed E-state index contributed by atoms with van der Waals surface area (Å²) in [5.41, 5.74) is 0.965. The normalized spacial score (nSPS) is 12.0. The molecular formula is C20H26O3S. The third kappa shape index (κ3) is 5.68. The molecule has 2 rings (SSSR count). The number of hydrogen-bond donors (Lipinski definition) is 1. The predicted molar refractivity (Wildman–Crippen MR) is 99.1 cm³/mol. The molecule has 0 bridgehead atoms. The largest absolute Gasteiger partial charge is 0.493 e. The van der Waals surface area contributed by atoms with Crippen LogP contribution in [0.1, 0.15) is 55.4 Å². The first-order valence-electron chi connectivity index (χ1n) is 8.69. The van der Waals surface area contributed by atoms with Crippen molar-refractivity contribution in [1.29, 1.82) is 0 Å². The van der Waals surface area contributed by atoms with Crippen LogP contribution in [-0.4, -0.2) is 17.7 Å². The Labute approximate surface area is 148 Å². The van der Waals surface area contributed by atoms with E-state index in [1.165, 1.54) is 37.0 Å². The van der Waals surface area contributed by atoms with Gasteiger partial charge in [-0.25, -0.2) is 0 Å². The molecule has 0 aliphatic carbocycles. The Bertz CT molecular complexity index is 607. The zero-order valence-corrected chi connectivity index (χ0v) is 15.1. The molecule has 1 N–H and O–H groups in total. The van der Waals surface area contributed by atoms with Crippen molar-refractivity contribution in [3.05, 3.63) is 52.2 Å². The number of carboxylic acids is 1. The van der Waals surface area contributed by atoms with Crippen molar-refractivity contribution in [3.8, 4) is 5.75 Å². The minimum atomic E-state index is -0.785. The molecule has 0 amide bonds. The molecule has 0 saturated carbocycles. The molecule has 3 nitrogen and oxygen atoms in total. The van der Waals surface area contributed by atoms with E-state index in [9.17, 15) is 9.90 Å². The third-order valence-electron chi connectivity index (χ3n) is 4.09. The SMILES string of the molecule is CCCCCCCOc1ccccc1CC(C(=O)O)c1cccs1. The van der Waals surface area contributed by atoms with Crippen LogP contribution in [0.5, 0.6) is 5.75 Å². The van der Waals surface area contributed by atoms with E-state index in [2.05, 4.69) is 6.92 Å². The first kappa shape index (κ1) is 18.5. The van der Waals surface area contributed by atoms with Gasteiger partial charge >= 0.3 is 5.97 Å². The van der Waals surface area contributed by atoms with E-state index >= 15 is 0 Å². The molecule has 0 aliphatic rings. The lowest BCUT2D eigenvalue weighted by Gasteiger charge is -2.15. The monoisotopic (exact) mass is 346 g/mol. The summed E-state index contributed by atoms with van der Waals surface area (Å²) in [5.74, 6) is -0.484. The maximum absolute atomic E-state index is 11.6. The fraction of sp³-hybridized carbons (Fsp3) is 0.450. The number of aliphatic carboxylic acids is 1. The average molecular weight is 346 g/mol. The van der Waals surface area contributed by atoms with Gasteiger partial charge in [-0.1, -0.05) is 56.9 Å². The summed E-state index contributed by atoms with van der Waals surface area (Å²) in [7, 11) is 0. The summed E-state index contributed by atoms with van der Waals surface area (Å²) >= 11 is 1.49. The first-order chi connectivity index (χ1) is 11.7. The molecule has 1 aromatic heterocycles. The second kappa shape index (κ2) is 10.1. The van der Waals surface area contributed by atoms with E-state index in [1.54, 1.807) is 0 Å². The van der Waals surface area contributed by atoms with Crippen LogP contribution < -0.4 is 4.74 Å². The van der Waals surface area contributed by atoms with E-state index in [0.717, 1.165) is 22.6 Å². The number of unbranched alkanes of at least 4 members (excludes halogenated alkanes) is 4. The standard InChI is InChI=1S/C20H26O3S/c1-2-3-4-5-8-13-23-18-11-7-6-10-16(18)15-17(20(21)22)19-12-9-14-24-19/h6-7,9-12,14,17H,2-5,8,13,15H2,1H3,(H,21,22). The minimum absolute atomic E-state index is 0.460. The van der Waals surface area contributed by atoms with Crippen LogP contribution in [0.2, 0.25) is 0 Å². The van der Waals surface area contributed by atoms with Gasteiger partial charge < -0.3 is 9.84 Å². The molecular weight excluding hydrogens is 320 g/mol. The van der Waals surface area contributed by atoms with Gasteiger partial charge in [0.05, 0.1) is 12.5 Å². The number of para-hydroxylation sites is 1. The highest BCUT2D eigenvalue weighted by Crippen LogP contribution is 2.29. The number of benzene rings is 1. The molecule has 0 saturated heterocycles. The molecule has 1 unspecified atom stereocenters. The van der Waals surface area contributed by atoms with Crippen molar-refractivity contribution in [1.82, 2.24) is 0 Å². The van der Waals surface area contributed by atoms with Crippen LogP contribution in [0.15, 0.2) is 41.8 Å². The third-order valence-corrected chi connectivity index (χ3v) is 5.07. The topological polar surface area (TPSA) is 46.5 Å². The quantitative estimate of drug-likeness (QED) is 0.546. The van der Waals surface area contributed by atoms with Gasteiger partial charge in [-0.3, -0.25) is 4.79 Å². The van der Waals surface area contributed by atoms with E-state index in [4.69, 9.17) is 4.74 Å². The predicted octanol–water partition coefficient (Wildman–Crippen LogP) is 5.51. The van der Waals surface area contributed by atoms with Crippen molar-refractivity contribution in [2.45, 2.75) is 51.4 Å². The Kier molecular flexibility index (Phi) is 7.83. The highest BCUT2D eigenvalue weighted by atomic mass is 32.1. The number of carboxylic acid groups (broad SMARTS) is 1. The Hall–Kier alpha value is -1.81. The summed E-state index contributed by atoms with van der Waals surface area (Å²) in [6.45, 7) is 2.90. The smallest absolute Gasteiger partial charge is 0.312 e. The maximum atomic E-state index is 11.6. The van der Waals surface area contributed by atoms with Crippen molar-refractivity contribution < 1.29 is 14.6 Å². The number of thiophene rings is 1. The molecule has 1 atom stereocenters. The van der Waals surface area contributed by atoms with Crippen LogP contribution >= 0.6 is 11.3 Å². The molecule has 24 heavy (non-hydrogen) atoms. The summed E-state index contributed by atoms with van der Waals surface area (Å²) in [6.07, 6.45) is 6.45. The van der Waals surface area contributed by atoms with E-state index in [0.29, 0.717) is 13.0 Å². The van der Waals surface area contributed by atoms with Crippen molar-refractivity contribution in [2.24, 2.45) is 0 Å². The maximum Gasteiger partial charge on any atom is 0.312 e. The van der Waals surface area contributed by atoms with Gasteiger partial charge in [-0.15, -0.1) is 11.3 Å². The Balaban J connectivity index is 1.96. The molecule has 0 aliphatic heterocycles. The number of hydrogen-bond acceptors (Lipinski definition) is 3. The van der Waals surface area contributed by atoms with Crippen molar-refractivity contribution in [3.63, 3.8) is 0 Å². The Morgan fingerprint density at radius 3 is 2.62 bits per heavy atom. The summed E-state index contributed by atoms with van der Waals surface area (Å²) in [5, 5.41) is 11.5. The lowest BCUT2D eigenvalue weighted by atomic mass is 9.97. The highest BCUT2D eigenvalue weighted by Gasteiger charge is 2.22. The van der Waals surface area contributed by atoms with Crippen LogP contribution in [0.4, 0.5) is 0 Å². The van der Waals surface area contributed by atoms with Crippen LogP contribution in [0.25, 0.3) is 0 Å². The molecule has 0 spiro atoms. The van der Waals surface area contributed by atoms with E-state index in [1.807, 2.05) is 41.8 Å². The molecule has 2 aromatic rings. The van der Waals surface area contributed by atoms with Crippen LogP contribution in [-0.2, 0) is 11.2 Å². The van der Waals surface area contributed by atoms with Crippen LogP contribution in [0.3, 0.4) is 0 Å². The molecule has 1 aromatic carbocycles. The summed E-state index contributed by atoms with van der Waals surface area (Å²) < 4.78 is 5.93. The van der Waals surface area contributed by atoms with Gasteiger partial charge in [0, 0.05) is 4.88 Å². The second-order valence-electron chi connectivity index (χ2n) is 5.98. The van der Waals surface area contributed by atoms with Crippen molar-refractivity contribution >= 4 is 17.3 Å². The van der Waals surface area contributed by atoms with E-state index < -0.39 is 11.9 Å². The van der Waals surface area contributed by atoms with Crippen molar-refractivity contribution in [2.75, 3.05) is 6.61 Å².